The van der Waals surface area contributed by atoms with Crippen LogP contribution in [0.1, 0.15) is 24.8 Å². The highest BCUT2D eigenvalue weighted by Crippen LogP contribution is 2.46. The van der Waals surface area contributed by atoms with Crippen LogP contribution in [0.15, 0.2) is 82.7 Å². The Labute approximate surface area is 242 Å². The van der Waals surface area contributed by atoms with Gasteiger partial charge in [0.25, 0.3) is 5.91 Å². The van der Waals surface area contributed by atoms with Gasteiger partial charge in [0.05, 0.1) is 28.6 Å². The van der Waals surface area contributed by atoms with Crippen molar-refractivity contribution in [2.75, 3.05) is 24.6 Å². The van der Waals surface area contributed by atoms with Gasteiger partial charge in [-0.15, -0.1) is 0 Å². The van der Waals surface area contributed by atoms with Gasteiger partial charge in [-0.2, -0.15) is 0 Å². The third kappa shape index (κ3) is 5.30. The summed E-state index contributed by atoms with van der Waals surface area (Å²) in [4.78, 5) is 43.1. The van der Waals surface area contributed by atoms with Crippen LogP contribution in [0.25, 0.3) is 0 Å². The molecule has 2 aromatic carbocycles. The number of hydrogen-bond donors (Lipinski definition) is 4. The van der Waals surface area contributed by atoms with Crippen LogP contribution < -0.4 is 25.6 Å². The Morgan fingerprint density at radius 1 is 1.17 bits per heavy atom. The zero-order valence-corrected chi connectivity index (χ0v) is 23.4. The quantitative estimate of drug-likeness (QED) is 0.400. The molecule has 4 amide bonds. The van der Waals surface area contributed by atoms with Crippen molar-refractivity contribution in [1.82, 2.24) is 20.9 Å². The van der Waals surface area contributed by atoms with Crippen LogP contribution in [0, 0.1) is 6.92 Å². The second kappa shape index (κ2) is 11.3. The van der Waals surface area contributed by atoms with Crippen LogP contribution >= 0.6 is 11.8 Å². The standard InChI is InChI=1S/C30H31N5O5S/c1-18-16-21(40-20-7-3-2-4-8-20)9-10-22(18)35-23-11-13-31-29-25(23)26(33-30(35)39)27(41-29)28(38)32-19-6-5-14-34(17-19)24(37)12-15-36/h2-4,7-11,13,16,19,29,31,36H,5-6,12,14-15,17H2,1H3,(H,32,38)(H,33,39)/t19-,29?/m1/s1. The lowest BCUT2D eigenvalue weighted by Gasteiger charge is -2.35. The fourth-order valence-electron chi connectivity index (χ4n) is 5.56. The van der Waals surface area contributed by atoms with Gasteiger partial charge in [0.15, 0.2) is 0 Å². The number of anilines is 1. The topological polar surface area (TPSA) is 123 Å². The molecular formula is C30H31N5O5S. The van der Waals surface area contributed by atoms with Crippen LogP contribution in [-0.4, -0.2) is 59.0 Å². The number of aryl methyl sites for hydroxylation is 1. The van der Waals surface area contributed by atoms with Gasteiger partial charge < -0.3 is 30.7 Å². The number of allylic oxidation sites excluding steroid dienone is 1. The van der Waals surface area contributed by atoms with E-state index in [-0.39, 0.29) is 42.3 Å². The molecule has 1 saturated heterocycles. The number of urea groups is 1. The molecule has 41 heavy (non-hydrogen) atoms. The van der Waals surface area contributed by atoms with Gasteiger partial charge in [-0.3, -0.25) is 14.5 Å². The van der Waals surface area contributed by atoms with Crippen molar-refractivity contribution < 1.29 is 24.2 Å². The summed E-state index contributed by atoms with van der Waals surface area (Å²) in [5, 5.41) is 18.2. The summed E-state index contributed by atoms with van der Waals surface area (Å²) < 4.78 is 5.97. The highest BCUT2D eigenvalue weighted by molar-refractivity contribution is 8.05. The number of dihydropyridines is 1. The molecule has 4 aliphatic heterocycles. The largest absolute Gasteiger partial charge is 0.457 e. The average Bonchev–Trinajstić information content (AvgIpc) is 3.34. The number of rotatable bonds is 7. The van der Waals surface area contributed by atoms with Crippen molar-refractivity contribution in [3.8, 4) is 11.5 Å². The number of hydrogen-bond acceptors (Lipinski definition) is 7. The van der Waals surface area contributed by atoms with Crippen LogP contribution in [0.2, 0.25) is 0 Å². The highest BCUT2D eigenvalue weighted by Gasteiger charge is 2.44. The number of amides is 4. The van der Waals surface area contributed by atoms with E-state index >= 15 is 0 Å². The van der Waals surface area contributed by atoms with Crippen LogP contribution in [-0.2, 0) is 9.59 Å². The van der Waals surface area contributed by atoms with Crippen molar-refractivity contribution in [1.29, 1.82) is 0 Å². The van der Waals surface area contributed by atoms with Crippen molar-refractivity contribution in [2.45, 2.75) is 37.6 Å². The van der Waals surface area contributed by atoms with Crippen LogP contribution in [0.4, 0.5) is 10.5 Å². The Morgan fingerprint density at radius 3 is 2.78 bits per heavy atom. The zero-order chi connectivity index (χ0) is 28.5. The van der Waals surface area contributed by atoms with Gasteiger partial charge in [-0.1, -0.05) is 30.0 Å². The number of nitrogens with zero attached hydrogens (tertiary/aromatic N) is 2. The Kier molecular flexibility index (Phi) is 7.46. The van der Waals surface area contributed by atoms with E-state index in [4.69, 9.17) is 9.84 Å². The molecule has 10 nitrogen and oxygen atoms in total. The number of aliphatic hydroxyl groups excluding tert-OH is 1. The minimum Gasteiger partial charge on any atom is -0.457 e. The number of ether oxygens (including phenoxy) is 1. The number of benzene rings is 2. The van der Waals surface area contributed by atoms with E-state index < -0.39 is 0 Å². The maximum Gasteiger partial charge on any atom is 0.331 e. The molecule has 0 aliphatic carbocycles. The molecule has 4 aliphatic rings. The number of para-hydroxylation sites is 1. The molecule has 2 aromatic rings. The second-order valence-electron chi connectivity index (χ2n) is 10.3. The fraction of sp³-hybridized carbons (Fsp3) is 0.300. The van der Waals surface area contributed by atoms with E-state index in [0.717, 1.165) is 29.7 Å². The van der Waals surface area contributed by atoms with E-state index in [1.807, 2.05) is 61.5 Å². The molecule has 4 N–H and O–H groups in total. The number of carbonyl (C=O) groups excluding carboxylic acids is 3. The van der Waals surface area contributed by atoms with E-state index in [1.165, 1.54) is 11.8 Å². The molecule has 2 atom stereocenters. The molecule has 212 valence electrons. The van der Waals surface area contributed by atoms with Crippen molar-refractivity contribution >= 4 is 35.3 Å². The number of likely N-dealkylation sites (tertiary alicyclic amines) is 1. The molecule has 1 unspecified atom stereocenters. The fourth-order valence-corrected chi connectivity index (χ4v) is 6.75. The van der Waals surface area contributed by atoms with Gasteiger partial charge in [0.2, 0.25) is 5.91 Å². The first kappa shape index (κ1) is 27.0. The molecule has 0 saturated carbocycles. The van der Waals surface area contributed by atoms with Crippen molar-refractivity contribution in [2.24, 2.45) is 0 Å². The minimum atomic E-state index is -0.352. The molecule has 4 heterocycles. The first-order chi connectivity index (χ1) is 19.9. The predicted octanol–water partition coefficient (Wildman–Crippen LogP) is 3.46. The van der Waals surface area contributed by atoms with Gasteiger partial charge >= 0.3 is 6.03 Å². The zero-order valence-electron chi connectivity index (χ0n) is 22.6. The summed E-state index contributed by atoms with van der Waals surface area (Å²) in [7, 11) is 0. The van der Waals surface area contributed by atoms with Gasteiger partial charge in [-0.25, -0.2) is 4.79 Å². The molecule has 1 fully saturated rings. The number of nitrogens with one attached hydrogen (secondary N) is 3. The normalized spacial score (nSPS) is 21.4. The summed E-state index contributed by atoms with van der Waals surface area (Å²) in [6, 6.07) is 14.6. The Balaban J connectivity index is 1.25. The molecule has 0 aromatic heterocycles. The lowest BCUT2D eigenvalue weighted by molar-refractivity contribution is -0.134. The number of aliphatic hydroxyl groups is 1. The van der Waals surface area contributed by atoms with Gasteiger partial charge in [0.1, 0.15) is 16.9 Å². The number of carbonyl (C=O) groups is 3. The Bertz CT molecular complexity index is 1490. The van der Waals surface area contributed by atoms with Crippen LogP contribution in [0.3, 0.4) is 0 Å². The summed E-state index contributed by atoms with van der Waals surface area (Å²) in [5.41, 5.74) is 3.64. The molecule has 6 rings (SSSR count). The highest BCUT2D eigenvalue weighted by atomic mass is 32.2. The number of thioether (sulfide) groups is 1. The summed E-state index contributed by atoms with van der Waals surface area (Å²) >= 11 is 1.36. The molecule has 0 radical (unpaired) electrons. The maximum absolute atomic E-state index is 13.6. The van der Waals surface area contributed by atoms with Crippen molar-refractivity contribution in [3.05, 3.63) is 88.2 Å². The lowest BCUT2D eigenvalue weighted by Crippen LogP contribution is -2.50. The smallest absolute Gasteiger partial charge is 0.331 e. The van der Waals surface area contributed by atoms with E-state index in [0.29, 0.717) is 40.8 Å². The third-order valence-electron chi connectivity index (χ3n) is 7.46. The molecule has 11 heteroatoms. The van der Waals surface area contributed by atoms with E-state index in [1.54, 1.807) is 16.0 Å². The van der Waals surface area contributed by atoms with Gasteiger partial charge in [0, 0.05) is 31.1 Å². The summed E-state index contributed by atoms with van der Waals surface area (Å²) in [6.07, 6.45) is 5.25. The van der Waals surface area contributed by atoms with E-state index in [2.05, 4.69) is 16.0 Å². The summed E-state index contributed by atoms with van der Waals surface area (Å²) in [5.74, 6) is 1.00. The molecule has 0 spiro atoms. The summed E-state index contributed by atoms with van der Waals surface area (Å²) in [6.45, 7) is 2.76. The first-order valence-corrected chi connectivity index (χ1v) is 14.5. The Morgan fingerprint density at radius 2 is 2.00 bits per heavy atom. The Hall–Kier alpha value is -4.22. The second-order valence-corrected chi connectivity index (χ2v) is 11.4. The SMILES string of the molecule is Cc1cc(Oc2ccccc2)ccc1N1C(=O)NC2=C(C(=O)N[C@@H]3CCCN(C(=O)CCO)C3)SC3NC=CC1=C23. The molecular weight excluding hydrogens is 542 g/mol. The lowest BCUT2D eigenvalue weighted by atomic mass is 10.0. The average molecular weight is 574 g/mol. The predicted molar refractivity (Wildman–Crippen MR) is 156 cm³/mol. The van der Waals surface area contributed by atoms with Gasteiger partial charge in [-0.05, 0) is 67.9 Å². The van der Waals surface area contributed by atoms with Crippen molar-refractivity contribution in [3.63, 3.8) is 0 Å². The maximum atomic E-state index is 13.6. The number of piperidine rings is 1. The van der Waals surface area contributed by atoms with Crippen LogP contribution in [0.5, 0.6) is 11.5 Å². The third-order valence-corrected chi connectivity index (χ3v) is 8.70. The minimum absolute atomic E-state index is 0.0773. The van der Waals surface area contributed by atoms with E-state index in [9.17, 15) is 14.4 Å². The first-order valence-electron chi connectivity index (χ1n) is 13.6. The monoisotopic (exact) mass is 573 g/mol. The molecule has 0 bridgehead atoms.